The van der Waals surface area contributed by atoms with Crippen LogP contribution in [-0.4, -0.2) is 13.7 Å². The van der Waals surface area contributed by atoms with Crippen LogP contribution in [0.25, 0.3) is 11.1 Å². The Morgan fingerprint density at radius 1 is 1.21 bits per heavy atom. The summed E-state index contributed by atoms with van der Waals surface area (Å²) in [6.45, 7) is 1.60. The van der Waals surface area contributed by atoms with Gasteiger partial charge in [0.25, 0.3) is 0 Å². The summed E-state index contributed by atoms with van der Waals surface area (Å²) in [5.74, 6) is 1.02. The predicted octanol–water partition coefficient (Wildman–Crippen LogP) is 3.66. The third kappa shape index (κ3) is 2.46. The Kier molecular flexibility index (Phi) is 3.45. The van der Waals surface area contributed by atoms with E-state index >= 15 is 0 Å². The second kappa shape index (κ2) is 5.24. The topological polar surface area (TPSA) is 21.3 Å². The molecule has 0 saturated heterocycles. The summed E-state index contributed by atoms with van der Waals surface area (Å²) in [5, 5.41) is 3.97. The first kappa shape index (κ1) is 12.5. The molecule has 0 saturated carbocycles. The van der Waals surface area contributed by atoms with E-state index in [0.717, 1.165) is 30.3 Å². The quantitative estimate of drug-likeness (QED) is 0.921. The Bertz CT molecular complexity index is 610. The van der Waals surface area contributed by atoms with Crippen LogP contribution < -0.4 is 10.1 Å². The molecule has 0 amide bonds. The summed E-state index contributed by atoms with van der Waals surface area (Å²) < 4.78 is 5.55. The van der Waals surface area contributed by atoms with Crippen molar-refractivity contribution in [3.63, 3.8) is 0 Å². The molecule has 0 fully saturated rings. The molecular weight excluding hydrogens is 258 g/mol. The van der Waals surface area contributed by atoms with Gasteiger partial charge in [0.05, 0.1) is 6.61 Å². The number of ether oxygens (including phenoxy) is 1. The van der Waals surface area contributed by atoms with E-state index in [4.69, 9.17) is 16.3 Å². The normalized spacial score (nSPS) is 13.2. The van der Waals surface area contributed by atoms with E-state index in [1.165, 1.54) is 22.3 Å². The number of hydrogen-bond acceptors (Lipinski definition) is 2. The van der Waals surface area contributed by atoms with Crippen molar-refractivity contribution in [1.82, 2.24) is 5.32 Å². The van der Waals surface area contributed by atoms with Crippen molar-refractivity contribution in [2.75, 3.05) is 13.7 Å². The van der Waals surface area contributed by atoms with Gasteiger partial charge < -0.3 is 10.1 Å². The first-order valence-corrected chi connectivity index (χ1v) is 6.85. The molecule has 2 aromatic carbocycles. The smallest absolute Gasteiger partial charge is 0.122 e. The second-order valence-corrected chi connectivity index (χ2v) is 5.19. The summed E-state index contributed by atoms with van der Waals surface area (Å²) in [7, 11) is 1.95. The molecule has 3 heteroatoms. The highest BCUT2D eigenvalue weighted by Gasteiger charge is 2.14. The highest BCUT2D eigenvalue weighted by Crippen LogP contribution is 2.32. The number of rotatable bonds is 3. The fourth-order valence-electron chi connectivity index (χ4n) is 2.53. The van der Waals surface area contributed by atoms with E-state index in [0.29, 0.717) is 0 Å². The van der Waals surface area contributed by atoms with Gasteiger partial charge in [0.1, 0.15) is 5.75 Å². The van der Waals surface area contributed by atoms with Crippen LogP contribution in [0.2, 0.25) is 5.02 Å². The van der Waals surface area contributed by atoms with Gasteiger partial charge in [-0.3, -0.25) is 0 Å². The number of nitrogens with one attached hydrogen (secondary N) is 1. The molecule has 0 spiro atoms. The monoisotopic (exact) mass is 273 g/mol. The Morgan fingerprint density at radius 3 is 2.95 bits per heavy atom. The molecule has 3 rings (SSSR count). The minimum absolute atomic E-state index is 0.776. The van der Waals surface area contributed by atoms with Crippen LogP contribution >= 0.6 is 11.6 Å². The van der Waals surface area contributed by atoms with Crippen molar-refractivity contribution in [2.45, 2.75) is 13.0 Å². The maximum absolute atomic E-state index is 6.09. The Hall–Kier alpha value is -1.51. The molecule has 0 atom stereocenters. The van der Waals surface area contributed by atoms with Crippen LogP contribution in [0, 0.1) is 0 Å². The van der Waals surface area contributed by atoms with E-state index in [1.54, 1.807) is 0 Å². The van der Waals surface area contributed by atoms with E-state index in [9.17, 15) is 0 Å². The predicted molar refractivity (Wildman–Crippen MR) is 78.9 cm³/mol. The van der Waals surface area contributed by atoms with Crippen LogP contribution in [0.1, 0.15) is 11.1 Å². The summed E-state index contributed by atoms with van der Waals surface area (Å²) in [6.07, 6.45) is 0.998. The molecule has 1 N–H and O–H groups in total. The summed E-state index contributed by atoms with van der Waals surface area (Å²) in [5.41, 5.74) is 4.97. The molecule has 0 bridgehead atoms. The molecule has 0 unspecified atom stereocenters. The largest absolute Gasteiger partial charge is 0.493 e. The first-order chi connectivity index (χ1) is 9.28. The van der Waals surface area contributed by atoms with Gasteiger partial charge in [-0.15, -0.1) is 0 Å². The Labute approximate surface area is 118 Å². The van der Waals surface area contributed by atoms with Gasteiger partial charge in [0.2, 0.25) is 0 Å². The van der Waals surface area contributed by atoms with E-state index in [2.05, 4.69) is 29.6 Å². The van der Waals surface area contributed by atoms with Crippen molar-refractivity contribution >= 4 is 11.6 Å². The average molecular weight is 274 g/mol. The van der Waals surface area contributed by atoms with Crippen LogP contribution in [0.5, 0.6) is 5.75 Å². The number of benzene rings is 2. The lowest BCUT2D eigenvalue weighted by Crippen LogP contribution is -2.06. The third-order valence-electron chi connectivity index (χ3n) is 3.43. The Morgan fingerprint density at radius 2 is 2.11 bits per heavy atom. The lowest BCUT2D eigenvalue weighted by atomic mass is 9.97. The zero-order valence-corrected chi connectivity index (χ0v) is 11.6. The van der Waals surface area contributed by atoms with Gasteiger partial charge in [-0.05, 0) is 53.6 Å². The molecule has 1 aliphatic heterocycles. The molecule has 2 nitrogen and oxygen atoms in total. The molecule has 2 aromatic rings. The van der Waals surface area contributed by atoms with E-state index in [1.807, 2.05) is 19.2 Å². The minimum Gasteiger partial charge on any atom is -0.493 e. The standard InChI is InChI=1S/C16H16ClNO/c1-18-10-13-9-14(17)3-4-15(13)11-2-5-16-12(8-11)6-7-19-16/h2-5,8-9,18H,6-7,10H2,1H3. The number of halogens is 1. The maximum Gasteiger partial charge on any atom is 0.122 e. The fraction of sp³-hybridized carbons (Fsp3) is 0.250. The van der Waals surface area contributed by atoms with Crippen LogP contribution in [0.15, 0.2) is 36.4 Å². The number of fused-ring (bicyclic) bond motifs is 1. The first-order valence-electron chi connectivity index (χ1n) is 6.47. The molecule has 1 aliphatic rings. The van der Waals surface area contributed by atoms with Gasteiger partial charge in [-0.25, -0.2) is 0 Å². The molecule has 19 heavy (non-hydrogen) atoms. The van der Waals surface area contributed by atoms with E-state index in [-0.39, 0.29) is 0 Å². The molecule has 0 aromatic heterocycles. The lowest BCUT2D eigenvalue weighted by molar-refractivity contribution is 0.357. The van der Waals surface area contributed by atoms with Crippen molar-refractivity contribution in [1.29, 1.82) is 0 Å². The minimum atomic E-state index is 0.776. The lowest BCUT2D eigenvalue weighted by Gasteiger charge is -2.11. The van der Waals surface area contributed by atoms with Gasteiger partial charge >= 0.3 is 0 Å². The highest BCUT2D eigenvalue weighted by molar-refractivity contribution is 6.30. The van der Waals surface area contributed by atoms with Crippen molar-refractivity contribution in [3.8, 4) is 16.9 Å². The van der Waals surface area contributed by atoms with Crippen molar-refractivity contribution in [3.05, 3.63) is 52.5 Å². The van der Waals surface area contributed by atoms with Gasteiger partial charge in [0, 0.05) is 18.0 Å². The average Bonchev–Trinajstić information content (AvgIpc) is 2.86. The summed E-state index contributed by atoms with van der Waals surface area (Å²) in [6, 6.07) is 12.5. The molecular formula is C16H16ClNO. The van der Waals surface area contributed by atoms with E-state index < -0.39 is 0 Å². The van der Waals surface area contributed by atoms with Gasteiger partial charge in [-0.2, -0.15) is 0 Å². The molecule has 0 radical (unpaired) electrons. The highest BCUT2D eigenvalue weighted by atomic mass is 35.5. The second-order valence-electron chi connectivity index (χ2n) is 4.75. The molecule has 98 valence electrons. The fourth-order valence-corrected chi connectivity index (χ4v) is 2.73. The maximum atomic E-state index is 6.09. The molecule has 0 aliphatic carbocycles. The zero-order valence-electron chi connectivity index (χ0n) is 10.9. The summed E-state index contributed by atoms with van der Waals surface area (Å²) in [4.78, 5) is 0. The van der Waals surface area contributed by atoms with Crippen molar-refractivity contribution < 1.29 is 4.74 Å². The SMILES string of the molecule is CNCc1cc(Cl)ccc1-c1ccc2c(c1)CCO2. The van der Waals surface area contributed by atoms with Gasteiger partial charge in [0.15, 0.2) is 0 Å². The van der Waals surface area contributed by atoms with Crippen LogP contribution in [0.4, 0.5) is 0 Å². The summed E-state index contributed by atoms with van der Waals surface area (Å²) >= 11 is 6.09. The third-order valence-corrected chi connectivity index (χ3v) is 3.67. The zero-order chi connectivity index (χ0) is 13.2. The number of hydrogen-bond donors (Lipinski definition) is 1. The Balaban J connectivity index is 2.06. The molecule has 1 heterocycles. The van der Waals surface area contributed by atoms with Crippen LogP contribution in [0.3, 0.4) is 0 Å². The van der Waals surface area contributed by atoms with Gasteiger partial charge in [-0.1, -0.05) is 23.7 Å². The van der Waals surface area contributed by atoms with Crippen LogP contribution in [-0.2, 0) is 13.0 Å². The van der Waals surface area contributed by atoms with Crippen molar-refractivity contribution in [2.24, 2.45) is 0 Å².